The largest absolute Gasteiger partial charge is 0.497 e. The molecule has 6 heteroatoms. The monoisotopic (exact) mass is 291 g/mol. The number of nitrogens with one attached hydrogen (secondary N) is 1. The number of hydrogen-bond acceptors (Lipinski definition) is 3. The summed E-state index contributed by atoms with van der Waals surface area (Å²) in [5, 5.41) is 3.34. The minimum atomic E-state index is -4.38. The molecule has 0 spiro atoms. The number of halogens is 3. The van der Waals surface area contributed by atoms with Crippen molar-refractivity contribution < 1.29 is 17.9 Å². The van der Waals surface area contributed by atoms with Crippen molar-refractivity contribution in [1.82, 2.24) is 0 Å². The van der Waals surface area contributed by atoms with E-state index >= 15 is 0 Å². The van der Waals surface area contributed by atoms with Gasteiger partial charge in [0.1, 0.15) is 5.75 Å². The Morgan fingerprint density at radius 3 is 2.63 bits per heavy atom. The van der Waals surface area contributed by atoms with Crippen LogP contribution in [0.4, 0.5) is 18.9 Å². The predicted molar refractivity (Wildman–Crippen MR) is 71.9 cm³/mol. The summed E-state index contributed by atoms with van der Waals surface area (Å²) in [5.41, 5.74) is -0.538. The quantitative estimate of drug-likeness (QED) is 0.909. The van der Waals surface area contributed by atoms with Crippen LogP contribution >= 0.6 is 11.8 Å². The van der Waals surface area contributed by atoms with Gasteiger partial charge in [-0.1, -0.05) is 6.92 Å². The molecular formula is C13H16F3NOS. The van der Waals surface area contributed by atoms with E-state index in [1.54, 1.807) is 17.8 Å². The Morgan fingerprint density at radius 2 is 2.11 bits per heavy atom. The van der Waals surface area contributed by atoms with Crippen LogP contribution in [-0.2, 0) is 6.18 Å². The van der Waals surface area contributed by atoms with E-state index in [1.807, 2.05) is 6.92 Å². The summed E-state index contributed by atoms with van der Waals surface area (Å²) in [5.74, 6) is 1.20. The van der Waals surface area contributed by atoms with E-state index < -0.39 is 11.7 Å². The molecule has 0 aliphatic carbocycles. The zero-order valence-electron chi connectivity index (χ0n) is 10.8. The van der Waals surface area contributed by atoms with Gasteiger partial charge in [-0.25, -0.2) is 0 Å². The molecule has 1 aliphatic heterocycles. The standard InChI is InChI=1S/C13H16F3NOS/c1-8-11(5-6-19-8)17-12-4-3-9(18-2)7-10(12)13(14,15)16/h3-4,7-8,11,17H,5-6H2,1-2H3. The maximum atomic E-state index is 13.0. The zero-order chi connectivity index (χ0) is 14.0. The molecule has 1 saturated heterocycles. The molecule has 2 unspecified atom stereocenters. The fourth-order valence-electron chi connectivity index (χ4n) is 2.13. The number of benzene rings is 1. The van der Waals surface area contributed by atoms with Crippen LogP contribution in [0.15, 0.2) is 18.2 Å². The molecule has 0 saturated carbocycles. The van der Waals surface area contributed by atoms with E-state index in [1.165, 1.54) is 13.2 Å². The molecule has 1 aromatic carbocycles. The molecule has 1 aromatic rings. The molecule has 1 aliphatic rings. The van der Waals surface area contributed by atoms with Crippen LogP contribution in [0.25, 0.3) is 0 Å². The Labute approximate surface area is 114 Å². The van der Waals surface area contributed by atoms with Gasteiger partial charge >= 0.3 is 6.18 Å². The Bertz CT molecular complexity index is 450. The average molecular weight is 291 g/mol. The highest BCUT2D eigenvalue weighted by molar-refractivity contribution is 8.00. The van der Waals surface area contributed by atoms with Crippen LogP contribution in [-0.4, -0.2) is 24.2 Å². The van der Waals surface area contributed by atoms with Crippen LogP contribution in [0.2, 0.25) is 0 Å². The molecule has 1 N–H and O–H groups in total. The molecule has 0 radical (unpaired) electrons. The molecule has 2 atom stereocenters. The van der Waals surface area contributed by atoms with Gasteiger partial charge in [0.05, 0.1) is 12.7 Å². The fraction of sp³-hybridized carbons (Fsp3) is 0.538. The molecular weight excluding hydrogens is 275 g/mol. The Morgan fingerprint density at radius 1 is 1.37 bits per heavy atom. The number of hydrogen-bond donors (Lipinski definition) is 1. The molecule has 19 heavy (non-hydrogen) atoms. The van der Waals surface area contributed by atoms with Crippen molar-refractivity contribution in [2.75, 3.05) is 18.2 Å². The third kappa shape index (κ3) is 3.29. The van der Waals surface area contributed by atoms with Crippen LogP contribution < -0.4 is 10.1 Å². The van der Waals surface area contributed by atoms with Crippen molar-refractivity contribution in [2.24, 2.45) is 0 Å². The van der Waals surface area contributed by atoms with Crippen LogP contribution in [0.1, 0.15) is 18.9 Å². The molecule has 1 heterocycles. The summed E-state index contributed by atoms with van der Waals surface area (Å²) >= 11 is 1.78. The maximum Gasteiger partial charge on any atom is 0.418 e. The number of rotatable bonds is 3. The second-order valence-corrected chi connectivity index (χ2v) is 6.01. The van der Waals surface area contributed by atoms with Gasteiger partial charge in [-0.15, -0.1) is 0 Å². The first-order chi connectivity index (χ1) is 8.91. The van der Waals surface area contributed by atoms with Crippen molar-refractivity contribution in [3.63, 3.8) is 0 Å². The van der Waals surface area contributed by atoms with Crippen molar-refractivity contribution in [3.8, 4) is 5.75 Å². The highest BCUT2D eigenvalue weighted by atomic mass is 32.2. The summed E-state index contributed by atoms with van der Waals surface area (Å²) < 4.78 is 44.0. The van der Waals surface area contributed by atoms with Crippen molar-refractivity contribution in [2.45, 2.75) is 30.8 Å². The van der Waals surface area contributed by atoms with Crippen LogP contribution in [0, 0.1) is 0 Å². The number of ether oxygens (including phenoxy) is 1. The second kappa shape index (κ2) is 5.53. The van der Waals surface area contributed by atoms with Gasteiger partial charge in [-0.3, -0.25) is 0 Å². The summed E-state index contributed by atoms with van der Waals surface area (Å²) in [6.07, 6.45) is -3.50. The van der Waals surface area contributed by atoms with Gasteiger partial charge in [0, 0.05) is 17.0 Å². The van der Waals surface area contributed by atoms with E-state index in [2.05, 4.69) is 5.32 Å². The van der Waals surface area contributed by atoms with Gasteiger partial charge in [-0.05, 0) is 30.4 Å². The van der Waals surface area contributed by atoms with Gasteiger partial charge in [0.15, 0.2) is 0 Å². The molecule has 0 bridgehead atoms. The summed E-state index contributed by atoms with van der Waals surface area (Å²) in [7, 11) is 1.36. The number of methoxy groups -OCH3 is 1. The Hall–Kier alpha value is -1.04. The van der Waals surface area contributed by atoms with Gasteiger partial charge in [0.25, 0.3) is 0 Å². The van der Waals surface area contributed by atoms with E-state index in [9.17, 15) is 13.2 Å². The molecule has 2 rings (SSSR count). The zero-order valence-corrected chi connectivity index (χ0v) is 11.6. The lowest BCUT2D eigenvalue weighted by molar-refractivity contribution is -0.137. The highest BCUT2D eigenvalue weighted by Crippen LogP contribution is 2.39. The predicted octanol–water partition coefficient (Wildman–Crippen LogP) is 4.02. The minimum Gasteiger partial charge on any atom is -0.497 e. The number of thioether (sulfide) groups is 1. The van der Waals surface area contributed by atoms with Gasteiger partial charge in [-0.2, -0.15) is 24.9 Å². The minimum absolute atomic E-state index is 0.0829. The highest BCUT2D eigenvalue weighted by Gasteiger charge is 2.35. The Balaban J connectivity index is 2.28. The Kier molecular flexibility index (Phi) is 4.18. The molecule has 2 nitrogen and oxygen atoms in total. The van der Waals surface area contributed by atoms with E-state index in [0.717, 1.165) is 18.2 Å². The molecule has 1 fully saturated rings. The van der Waals surface area contributed by atoms with Gasteiger partial charge < -0.3 is 10.1 Å². The third-order valence-corrected chi connectivity index (χ3v) is 4.57. The lowest BCUT2D eigenvalue weighted by Crippen LogP contribution is -2.26. The molecule has 0 amide bonds. The topological polar surface area (TPSA) is 21.3 Å². The second-order valence-electron chi connectivity index (χ2n) is 4.52. The molecule has 106 valence electrons. The van der Waals surface area contributed by atoms with Gasteiger partial charge in [0.2, 0.25) is 0 Å². The summed E-state index contributed by atoms with van der Waals surface area (Å²) in [4.78, 5) is 0. The van der Waals surface area contributed by atoms with E-state index in [0.29, 0.717) is 5.25 Å². The van der Waals surface area contributed by atoms with E-state index in [4.69, 9.17) is 4.74 Å². The van der Waals surface area contributed by atoms with Crippen LogP contribution in [0.5, 0.6) is 5.75 Å². The summed E-state index contributed by atoms with van der Waals surface area (Å²) in [6.45, 7) is 2.03. The van der Waals surface area contributed by atoms with Crippen molar-refractivity contribution in [3.05, 3.63) is 23.8 Å². The average Bonchev–Trinajstić information content (AvgIpc) is 2.74. The fourth-order valence-corrected chi connectivity index (χ4v) is 3.33. The number of alkyl halides is 3. The van der Waals surface area contributed by atoms with Crippen molar-refractivity contribution in [1.29, 1.82) is 0 Å². The first-order valence-corrected chi connectivity index (χ1v) is 7.10. The first-order valence-electron chi connectivity index (χ1n) is 6.05. The maximum absolute atomic E-state index is 13.0. The van der Waals surface area contributed by atoms with Crippen LogP contribution in [0.3, 0.4) is 0 Å². The normalized spacial score (nSPS) is 23.4. The van der Waals surface area contributed by atoms with Crippen molar-refractivity contribution >= 4 is 17.4 Å². The third-order valence-electron chi connectivity index (χ3n) is 3.25. The number of anilines is 1. The molecule has 0 aromatic heterocycles. The SMILES string of the molecule is COc1ccc(NC2CCSC2C)c(C(F)(F)F)c1. The summed E-state index contributed by atoms with van der Waals surface area (Å²) in [6, 6.07) is 4.11. The lowest BCUT2D eigenvalue weighted by atomic mass is 10.1. The lowest BCUT2D eigenvalue weighted by Gasteiger charge is -2.21. The van der Waals surface area contributed by atoms with E-state index in [-0.39, 0.29) is 17.5 Å². The smallest absolute Gasteiger partial charge is 0.418 e. The first kappa shape index (κ1) is 14.4.